The van der Waals surface area contributed by atoms with Gasteiger partial charge in [0.25, 0.3) is 5.91 Å². The number of hydrogen-bond donors (Lipinski definition) is 1. The molecule has 0 saturated heterocycles. The summed E-state index contributed by atoms with van der Waals surface area (Å²) in [6.45, 7) is 0. The molecule has 0 heterocycles. The van der Waals surface area contributed by atoms with Gasteiger partial charge in [0.15, 0.2) is 0 Å². The molecule has 1 atom stereocenters. The summed E-state index contributed by atoms with van der Waals surface area (Å²) in [4.78, 5) is 12.1. The van der Waals surface area contributed by atoms with E-state index < -0.39 is 5.82 Å². The van der Waals surface area contributed by atoms with E-state index >= 15 is 0 Å². The van der Waals surface area contributed by atoms with E-state index in [0.29, 0.717) is 0 Å². The number of aryl methyl sites for hydroxylation is 1. The highest BCUT2D eigenvalue weighted by atomic mass is 19.1. The average Bonchev–Trinajstić information content (AvgIpc) is 2.83. The first kappa shape index (κ1) is 11.9. The van der Waals surface area contributed by atoms with Crippen LogP contribution in [-0.4, -0.2) is 5.91 Å². The molecule has 96 valence electrons. The summed E-state index contributed by atoms with van der Waals surface area (Å²) in [6, 6.07) is 14.1. The van der Waals surface area contributed by atoms with Crippen LogP contribution in [-0.2, 0) is 6.42 Å². The number of hydrogen-bond acceptors (Lipinski definition) is 1. The summed E-state index contributed by atoms with van der Waals surface area (Å²) < 4.78 is 13.5. The van der Waals surface area contributed by atoms with Gasteiger partial charge in [0, 0.05) is 0 Å². The van der Waals surface area contributed by atoms with Crippen molar-refractivity contribution in [3.63, 3.8) is 0 Å². The molecule has 0 bridgehead atoms. The van der Waals surface area contributed by atoms with Gasteiger partial charge in [-0.05, 0) is 36.1 Å². The lowest BCUT2D eigenvalue weighted by atomic mass is 10.1. The van der Waals surface area contributed by atoms with E-state index in [1.807, 2.05) is 18.2 Å². The van der Waals surface area contributed by atoms with E-state index in [1.54, 1.807) is 12.1 Å². The van der Waals surface area contributed by atoms with Crippen LogP contribution in [0, 0.1) is 5.82 Å². The van der Waals surface area contributed by atoms with Crippen molar-refractivity contribution >= 4 is 5.91 Å². The quantitative estimate of drug-likeness (QED) is 0.877. The maximum Gasteiger partial charge on any atom is 0.254 e. The predicted molar refractivity (Wildman–Crippen MR) is 71.4 cm³/mol. The first-order valence-corrected chi connectivity index (χ1v) is 6.39. The number of carbonyl (C=O) groups is 1. The SMILES string of the molecule is O=C(N[C@@H]1CCc2ccccc21)c1ccccc1F. The van der Waals surface area contributed by atoms with Crippen molar-refractivity contribution in [3.05, 3.63) is 71.0 Å². The molecule has 1 amide bonds. The Morgan fingerprint density at radius 1 is 1.11 bits per heavy atom. The molecule has 2 aromatic carbocycles. The largest absolute Gasteiger partial charge is 0.345 e. The molecule has 2 nitrogen and oxygen atoms in total. The Morgan fingerprint density at radius 3 is 2.68 bits per heavy atom. The van der Waals surface area contributed by atoms with Gasteiger partial charge >= 0.3 is 0 Å². The minimum atomic E-state index is -0.480. The fourth-order valence-electron chi connectivity index (χ4n) is 2.59. The number of halogens is 1. The predicted octanol–water partition coefficient (Wildman–Crippen LogP) is 3.24. The molecule has 0 aliphatic heterocycles. The van der Waals surface area contributed by atoms with Gasteiger partial charge in [-0.3, -0.25) is 4.79 Å². The van der Waals surface area contributed by atoms with E-state index in [2.05, 4.69) is 11.4 Å². The van der Waals surface area contributed by atoms with Crippen molar-refractivity contribution in [2.75, 3.05) is 0 Å². The minimum Gasteiger partial charge on any atom is -0.345 e. The van der Waals surface area contributed by atoms with Crippen LogP contribution < -0.4 is 5.32 Å². The molecule has 3 rings (SSSR count). The maximum absolute atomic E-state index is 13.5. The topological polar surface area (TPSA) is 29.1 Å². The lowest BCUT2D eigenvalue weighted by molar-refractivity contribution is 0.0932. The van der Waals surface area contributed by atoms with Crippen LogP contribution >= 0.6 is 0 Å². The molecule has 2 aromatic rings. The van der Waals surface area contributed by atoms with Gasteiger partial charge in [-0.2, -0.15) is 0 Å². The highest BCUT2D eigenvalue weighted by molar-refractivity contribution is 5.94. The summed E-state index contributed by atoms with van der Waals surface area (Å²) in [5, 5.41) is 2.91. The maximum atomic E-state index is 13.5. The second kappa shape index (κ2) is 4.84. The highest BCUT2D eigenvalue weighted by Crippen LogP contribution is 2.30. The summed E-state index contributed by atoms with van der Waals surface area (Å²) >= 11 is 0. The van der Waals surface area contributed by atoms with Crippen LogP contribution in [0.2, 0.25) is 0 Å². The third-order valence-electron chi connectivity index (χ3n) is 3.56. The van der Waals surface area contributed by atoms with Crippen molar-refractivity contribution in [1.82, 2.24) is 5.32 Å². The zero-order chi connectivity index (χ0) is 13.2. The zero-order valence-corrected chi connectivity index (χ0v) is 10.4. The van der Waals surface area contributed by atoms with Crippen LogP contribution in [0.1, 0.15) is 33.9 Å². The lowest BCUT2D eigenvalue weighted by Crippen LogP contribution is -2.27. The summed E-state index contributed by atoms with van der Waals surface area (Å²) in [5.41, 5.74) is 2.51. The Kier molecular flexibility index (Phi) is 3.03. The van der Waals surface area contributed by atoms with E-state index in [0.717, 1.165) is 18.4 Å². The van der Waals surface area contributed by atoms with Gasteiger partial charge in [0.05, 0.1) is 11.6 Å². The number of amides is 1. The lowest BCUT2D eigenvalue weighted by Gasteiger charge is -2.14. The van der Waals surface area contributed by atoms with E-state index in [4.69, 9.17) is 0 Å². The molecule has 0 aromatic heterocycles. The summed E-state index contributed by atoms with van der Waals surface area (Å²) in [7, 11) is 0. The van der Waals surface area contributed by atoms with Crippen molar-refractivity contribution in [2.45, 2.75) is 18.9 Å². The molecule has 0 radical (unpaired) electrons. The Hall–Kier alpha value is -2.16. The van der Waals surface area contributed by atoms with Crippen LogP contribution in [0.3, 0.4) is 0 Å². The number of carbonyl (C=O) groups excluding carboxylic acids is 1. The second-order valence-corrected chi connectivity index (χ2v) is 4.74. The Balaban J connectivity index is 1.81. The second-order valence-electron chi connectivity index (χ2n) is 4.74. The van der Waals surface area contributed by atoms with E-state index in [-0.39, 0.29) is 17.5 Å². The molecular weight excluding hydrogens is 241 g/mol. The van der Waals surface area contributed by atoms with E-state index in [1.165, 1.54) is 17.7 Å². The van der Waals surface area contributed by atoms with Gasteiger partial charge in [-0.25, -0.2) is 4.39 Å². The molecular formula is C16H14FNO. The molecule has 0 unspecified atom stereocenters. The number of benzene rings is 2. The third kappa shape index (κ3) is 2.24. The van der Waals surface area contributed by atoms with Gasteiger partial charge in [-0.15, -0.1) is 0 Å². The molecule has 3 heteroatoms. The molecule has 0 fully saturated rings. The molecule has 0 saturated carbocycles. The van der Waals surface area contributed by atoms with Gasteiger partial charge in [0.1, 0.15) is 5.82 Å². The minimum absolute atomic E-state index is 0.0108. The number of nitrogens with one attached hydrogen (secondary N) is 1. The average molecular weight is 255 g/mol. The first-order valence-electron chi connectivity index (χ1n) is 6.39. The monoisotopic (exact) mass is 255 g/mol. The Bertz CT molecular complexity index is 624. The third-order valence-corrected chi connectivity index (χ3v) is 3.56. The fourth-order valence-corrected chi connectivity index (χ4v) is 2.59. The molecule has 1 N–H and O–H groups in total. The van der Waals surface area contributed by atoms with Gasteiger partial charge in [0.2, 0.25) is 0 Å². The standard InChI is InChI=1S/C16H14FNO/c17-14-8-4-3-7-13(14)16(19)18-15-10-9-11-5-1-2-6-12(11)15/h1-8,15H,9-10H2,(H,18,19)/t15-/m1/s1. The van der Waals surface area contributed by atoms with Gasteiger partial charge < -0.3 is 5.32 Å². The van der Waals surface area contributed by atoms with Crippen LogP contribution in [0.4, 0.5) is 4.39 Å². The Morgan fingerprint density at radius 2 is 1.84 bits per heavy atom. The van der Waals surface area contributed by atoms with Crippen molar-refractivity contribution < 1.29 is 9.18 Å². The van der Waals surface area contributed by atoms with Crippen LogP contribution in [0.25, 0.3) is 0 Å². The fraction of sp³-hybridized carbons (Fsp3) is 0.188. The van der Waals surface area contributed by atoms with Crippen LogP contribution in [0.15, 0.2) is 48.5 Å². The zero-order valence-electron chi connectivity index (χ0n) is 10.4. The summed E-state index contributed by atoms with van der Waals surface area (Å²) in [6.07, 6.45) is 1.83. The first-order chi connectivity index (χ1) is 9.25. The number of rotatable bonds is 2. The van der Waals surface area contributed by atoms with Crippen LogP contribution in [0.5, 0.6) is 0 Å². The van der Waals surface area contributed by atoms with Crippen molar-refractivity contribution in [2.24, 2.45) is 0 Å². The Labute approximate surface area is 111 Å². The van der Waals surface area contributed by atoms with Crippen molar-refractivity contribution in [3.8, 4) is 0 Å². The summed E-state index contributed by atoms with van der Waals surface area (Å²) in [5.74, 6) is -0.828. The molecule has 1 aliphatic carbocycles. The smallest absolute Gasteiger partial charge is 0.254 e. The normalized spacial score (nSPS) is 17.0. The van der Waals surface area contributed by atoms with E-state index in [9.17, 15) is 9.18 Å². The van der Waals surface area contributed by atoms with Crippen molar-refractivity contribution in [1.29, 1.82) is 0 Å². The number of fused-ring (bicyclic) bond motifs is 1. The molecule has 0 spiro atoms. The van der Waals surface area contributed by atoms with Gasteiger partial charge in [-0.1, -0.05) is 36.4 Å². The highest BCUT2D eigenvalue weighted by Gasteiger charge is 2.24. The molecule has 1 aliphatic rings. The molecule has 19 heavy (non-hydrogen) atoms.